The van der Waals surface area contributed by atoms with E-state index < -0.39 is 12.0 Å². The molecule has 0 aliphatic carbocycles. The molecule has 5 nitrogen and oxygen atoms in total. The van der Waals surface area contributed by atoms with Gasteiger partial charge >= 0.3 is 5.97 Å². The van der Waals surface area contributed by atoms with E-state index in [-0.39, 0.29) is 0 Å². The highest BCUT2D eigenvalue weighted by atomic mass is 32.1. The molecule has 1 atom stereocenters. The van der Waals surface area contributed by atoms with Crippen LogP contribution in [0.4, 0.5) is 5.13 Å². The van der Waals surface area contributed by atoms with Crippen LogP contribution in [0.1, 0.15) is 44.8 Å². The monoisotopic (exact) mass is 283 g/mol. The molecule has 106 valence electrons. The zero-order valence-electron chi connectivity index (χ0n) is 11.4. The molecule has 1 aromatic heterocycles. The molecule has 0 spiro atoms. The van der Waals surface area contributed by atoms with Crippen molar-refractivity contribution >= 4 is 22.4 Å². The van der Waals surface area contributed by atoms with E-state index in [0.717, 1.165) is 18.2 Å². The van der Waals surface area contributed by atoms with Crippen LogP contribution in [0.3, 0.4) is 0 Å². The second-order valence-electron chi connectivity index (χ2n) is 5.25. The van der Waals surface area contributed by atoms with E-state index in [1.165, 1.54) is 30.6 Å². The SMILES string of the molecule is CCC1(CC)CCN(c2nc(C(N)C(=O)O)cs2)C1. The van der Waals surface area contributed by atoms with Gasteiger partial charge < -0.3 is 15.7 Å². The number of carboxylic acid groups (broad SMARTS) is 1. The van der Waals surface area contributed by atoms with Crippen LogP contribution in [0.25, 0.3) is 0 Å². The second-order valence-corrected chi connectivity index (χ2v) is 6.09. The van der Waals surface area contributed by atoms with Crippen molar-refractivity contribution in [2.24, 2.45) is 11.1 Å². The first-order valence-corrected chi connectivity index (χ1v) is 7.58. The molecule has 6 heteroatoms. The highest BCUT2D eigenvalue weighted by molar-refractivity contribution is 7.13. The molecule has 0 aromatic carbocycles. The summed E-state index contributed by atoms with van der Waals surface area (Å²) >= 11 is 1.49. The van der Waals surface area contributed by atoms with Gasteiger partial charge in [0.1, 0.15) is 6.04 Å². The Morgan fingerprint density at radius 1 is 1.63 bits per heavy atom. The lowest BCUT2D eigenvalue weighted by Crippen LogP contribution is -2.26. The van der Waals surface area contributed by atoms with E-state index in [1.807, 2.05) is 0 Å². The fraction of sp³-hybridized carbons (Fsp3) is 0.692. The van der Waals surface area contributed by atoms with Gasteiger partial charge in [0.15, 0.2) is 5.13 Å². The first-order chi connectivity index (χ1) is 9.01. The third-order valence-corrected chi connectivity index (χ3v) is 5.22. The number of hydrogen-bond acceptors (Lipinski definition) is 5. The predicted molar refractivity (Wildman–Crippen MR) is 76.5 cm³/mol. The predicted octanol–water partition coefficient (Wildman–Crippen LogP) is 2.24. The highest BCUT2D eigenvalue weighted by Crippen LogP contribution is 2.39. The van der Waals surface area contributed by atoms with Gasteiger partial charge in [0.25, 0.3) is 0 Å². The smallest absolute Gasteiger partial charge is 0.326 e. The Morgan fingerprint density at radius 3 is 2.84 bits per heavy atom. The van der Waals surface area contributed by atoms with Crippen LogP contribution in [0.2, 0.25) is 0 Å². The van der Waals surface area contributed by atoms with Crippen molar-refractivity contribution in [3.05, 3.63) is 11.1 Å². The Kier molecular flexibility index (Phi) is 4.10. The second kappa shape index (κ2) is 5.46. The van der Waals surface area contributed by atoms with Crippen molar-refractivity contribution in [2.45, 2.75) is 39.2 Å². The van der Waals surface area contributed by atoms with Crippen LogP contribution in [0.5, 0.6) is 0 Å². The summed E-state index contributed by atoms with van der Waals surface area (Å²) in [6, 6.07) is -1.02. The Bertz CT molecular complexity index is 456. The molecule has 2 rings (SSSR count). The number of rotatable bonds is 5. The van der Waals surface area contributed by atoms with Crippen LogP contribution in [-0.2, 0) is 4.79 Å². The average molecular weight is 283 g/mol. The molecule has 0 amide bonds. The Morgan fingerprint density at radius 2 is 2.32 bits per heavy atom. The summed E-state index contributed by atoms with van der Waals surface area (Å²) in [5.41, 5.74) is 6.43. The van der Waals surface area contributed by atoms with Gasteiger partial charge in [-0.2, -0.15) is 0 Å². The van der Waals surface area contributed by atoms with Crippen LogP contribution in [0.15, 0.2) is 5.38 Å². The summed E-state index contributed by atoms with van der Waals surface area (Å²) in [6.45, 7) is 6.48. The van der Waals surface area contributed by atoms with Crippen molar-refractivity contribution in [3.8, 4) is 0 Å². The molecular weight excluding hydrogens is 262 g/mol. The van der Waals surface area contributed by atoms with E-state index in [1.54, 1.807) is 5.38 Å². The fourth-order valence-electron chi connectivity index (χ4n) is 2.62. The number of carbonyl (C=O) groups is 1. The number of nitrogens with zero attached hydrogens (tertiary/aromatic N) is 2. The molecule has 0 saturated carbocycles. The average Bonchev–Trinajstić information content (AvgIpc) is 3.04. The minimum absolute atomic E-state index is 0.390. The van der Waals surface area contributed by atoms with Gasteiger partial charge in [-0.05, 0) is 24.7 Å². The van der Waals surface area contributed by atoms with Crippen molar-refractivity contribution in [1.82, 2.24) is 4.98 Å². The summed E-state index contributed by atoms with van der Waals surface area (Å²) in [4.78, 5) is 17.5. The van der Waals surface area contributed by atoms with E-state index >= 15 is 0 Å². The van der Waals surface area contributed by atoms with Crippen molar-refractivity contribution < 1.29 is 9.90 Å². The van der Waals surface area contributed by atoms with E-state index in [0.29, 0.717) is 11.1 Å². The maximum atomic E-state index is 10.9. The van der Waals surface area contributed by atoms with Gasteiger partial charge in [-0.1, -0.05) is 13.8 Å². The molecule has 19 heavy (non-hydrogen) atoms. The van der Waals surface area contributed by atoms with Crippen molar-refractivity contribution in [1.29, 1.82) is 0 Å². The lowest BCUT2D eigenvalue weighted by Gasteiger charge is -2.26. The van der Waals surface area contributed by atoms with E-state index in [9.17, 15) is 4.79 Å². The zero-order valence-corrected chi connectivity index (χ0v) is 12.2. The third kappa shape index (κ3) is 2.74. The molecule has 0 bridgehead atoms. The number of carboxylic acids is 1. The van der Waals surface area contributed by atoms with Crippen LogP contribution in [0, 0.1) is 5.41 Å². The maximum Gasteiger partial charge on any atom is 0.326 e. The molecule has 1 aliphatic rings. The van der Waals surface area contributed by atoms with Crippen LogP contribution in [-0.4, -0.2) is 29.1 Å². The maximum absolute atomic E-state index is 10.9. The van der Waals surface area contributed by atoms with Crippen LogP contribution >= 0.6 is 11.3 Å². The van der Waals surface area contributed by atoms with Crippen molar-refractivity contribution in [2.75, 3.05) is 18.0 Å². The first kappa shape index (κ1) is 14.3. The summed E-state index contributed by atoms with van der Waals surface area (Å²) in [5, 5.41) is 11.5. The fourth-order valence-corrected chi connectivity index (χ4v) is 3.50. The normalized spacial score (nSPS) is 19.6. The van der Waals surface area contributed by atoms with Gasteiger partial charge in [-0.15, -0.1) is 11.3 Å². The molecular formula is C13H21N3O2S. The summed E-state index contributed by atoms with van der Waals surface area (Å²) in [5.74, 6) is -1.03. The quantitative estimate of drug-likeness (QED) is 0.866. The lowest BCUT2D eigenvalue weighted by molar-refractivity contribution is -0.138. The molecule has 1 aliphatic heterocycles. The minimum Gasteiger partial charge on any atom is -0.480 e. The van der Waals surface area contributed by atoms with Gasteiger partial charge in [0.05, 0.1) is 5.69 Å². The number of aliphatic carboxylic acids is 1. The van der Waals surface area contributed by atoms with Gasteiger partial charge in [0, 0.05) is 18.5 Å². The van der Waals surface area contributed by atoms with Gasteiger partial charge in [0.2, 0.25) is 0 Å². The van der Waals surface area contributed by atoms with Gasteiger partial charge in [-0.3, -0.25) is 4.79 Å². The van der Waals surface area contributed by atoms with Crippen LogP contribution < -0.4 is 10.6 Å². The molecule has 3 N–H and O–H groups in total. The molecule has 1 saturated heterocycles. The molecule has 1 unspecified atom stereocenters. The number of hydrogen-bond donors (Lipinski definition) is 2. The molecule has 2 heterocycles. The molecule has 1 aromatic rings. The zero-order chi connectivity index (χ0) is 14.0. The minimum atomic E-state index is -1.03. The number of aromatic nitrogens is 1. The summed E-state index contributed by atoms with van der Waals surface area (Å²) in [7, 11) is 0. The van der Waals surface area contributed by atoms with Crippen molar-refractivity contribution in [3.63, 3.8) is 0 Å². The Labute approximate surface area is 117 Å². The summed E-state index contributed by atoms with van der Waals surface area (Å²) in [6.07, 6.45) is 3.53. The number of thiazole rings is 1. The Hall–Kier alpha value is -1.14. The molecule has 0 radical (unpaired) electrons. The number of nitrogens with two attached hydrogens (primary N) is 1. The standard InChI is InChI=1S/C13H21N3O2S/c1-3-13(4-2)5-6-16(8-13)12-15-9(7-19-12)10(14)11(17)18/h7,10H,3-6,8,14H2,1-2H3,(H,17,18). The highest BCUT2D eigenvalue weighted by Gasteiger charge is 2.36. The summed E-state index contributed by atoms with van der Waals surface area (Å²) < 4.78 is 0. The Balaban J connectivity index is 2.10. The molecule has 1 fully saturated rings. The van der Waals surface area contributed by atoms with Gasteiger partial charge in [-0.25, -0.2) is 4.98 Å². The van der Waals surface area contributed by atoms with E-state index in [2.05, 4.69) is 23.7 Å². The van der Waals surface area contributed by atoms with E-state index in [4.69, 9.17) is 10.8 Å². The topological polar surface area (TPSA) is 79.5 Å². The largest absolute Gasteiger partial charge is 0.480 e. The third-order valence-electron chi connectivity index (χ3n) is 4.30. The lowest BCUT2D eigenvalue weighted by atomic mass is 9.82. The number of anilines is 1. The first-order valence-electron chi connectivity index (χ1n) is 6.70.